The SMILES string of the molecule is CC(=S)OC1=CCCCCC1. The van der Waals surface area contributed by atoms with Crippen LogP contribution in [0.15, 0.2) is 11.8 Å². The summed E-state index contributed by atoms with van der Waals surface area (Å²) in [7, 11) is 0. The molecule has 0 heterocycles. The van der Waals surface area contributed by atoms with Gasteiger partial charge in [-0.3, -0.25) is 0 Å². The molecule has 0 spiro atoms. The zero-order chi connectivity index (χ0) is 8.10. The summed E-state index contributed by atoms with van der Waals surface area (Å²) in [6, 6.07) is 0. The van der Waals surface area contributed by atoms with Gasteiger partial charge in [0.05, 0.1) is 0 Å². The summed E-state index contributed by atoms with van der Waals surface area (Å²) in [6.07, 6.45) is 8.24. The molecule has 1 nitrogen and oxygen atoms in total. The van der Waals surface area contributed by atoms with Crippen LogP contribution in [0.5, 0.6) is 0 Å². The molecule has 0 saturated carbocycles. The van der Waals surface area contributed by atoms with Gasteiger partial charge in [-0.25, -0.2) is 0 Å². The molecule has 0 N–H and O–H groups in total. The van der Waals surface area contributed by atoms with Crippen molar-refractivity contribution in [3.63, 3.8) is 0 Å². The van der Waals surface area contributed by atoms with Crippen LogP contribution in [-0.2, 0) is 4.74 Å². The van der Waals surface area contributed by atoms with Crippen molar-refractivity contribution in [3.8, 4) is 0 Å². The van der Waals surface area contributed by atoms with E-state index in [2.05, 4.69) is 6.08 Å². The van der Waals surface area contributed by atoms with Crippen molar-refractivity contribution < 1.29 is 4.74 Å². The first-order valence-electron chi connectivity index (χ1n) is 4.16. The van der Waals surface area contributed by atoms with Crippen LogP contribution in [0.2, 0.25) is 0 Å². The molecule has 0 saturated heterocycles. The molecular weight excluding hydrogens is 156 g/mol. The fourth-order valence-electron chi connectivity index (χ4n) is 1.26. The Labute approximate surface area is 73.4 Å². The van der Waals surface area contributed by atoms with E-state index >= 15 is 0 Å². The van der Waals surface area contributed by atoms with E-state index in [1.165, 1.54) is 19.3 Å². The molecular formula is C9H14OS. The molecule has 0 atom stereocenters. The van der Waals surface area contributed by atoms with Crippen LogP contribution < -0.4 is 0 Å². The molecule has 62 valence electrons. The Morgan fingerprint density at radius 3 is 3.00 bits per heavy atom. The Bertz CT molecular complexity index is 172. The number of ether oxygens (including phenoxy) is 1. The molecule has 1 aliphatic carbocycles. The topological polar surface area (TPSA) is 9.23 Å². The van der Waals surface area contributed by atoms with E-state index in [1.807, 2.05) is 6.92 Å². The third-order valence-electron chi connectivity index (χ3n) is 1.77. The highest BCUT2D eigenvalue weighted by Crippen LogP contribution is 2.17. The number of allylic oxidation sites excluding steroid dienone is 2. The van der Waals surface area contributed by atoms with Gasteiger partial charge in [0.15, 0.2) is 5.05 Å². The Hall–Kier alpha value is -0.370. The predicted molar refractivity (Wildman–Crippen MR) is 50.5 cm³/mol. The average Bonchev–Trinajstić information content (AvgIpc) is 2.14. The Kier molecular flexibility index (Phi) is 3.57. The Morgan fingerprint density at radius 1 is 1.45 bits per heavy atom. The van der Waals surface area contributed by atoms with E-state index < -0.39 is 0 Å². The Balaban J connectivity index is 2.40. The second kappa shape index (κ2) is 4.50. The third-order valence-corrected chi connectivity index (χ3v) is 1.86. The van der Waals surface area contributed by atoms with Crippen molar-refractivity contribution in [2.75, 3.05) is 0 Å². The summed E-state index contributed by atoms with van der Waals surface area (Å²) in [6.45, 7) is 1.82. The first-order valence-corrected chi connectivity index (χ1v) is 4.57. The maximum Gasteiger partial charge on any atom is 0.163 e. The fraction of sp³-hybridized carbons (Fsp3) is 0.667. The number of hydrogen-bond acceptors (Lipinski definition) is 2. The number of thiocarbonyl (C=S) groups is 1. The van der Waals surface area contributed by atoms with Gasteiger partial charge in [-0.15, -0.1) is 0 Å². The summed E-state index contributed by atoms with van der Waals surface area (Å²) in [5.41, 5.74) is 0. The van der Waals surface area contributed by atoms with Crippen molar-refractivity contribution in [1.29, 1.82) is 0 Å². The minimum Gasteiger partial charge on any atom is -0.455 e. The summed E-state index contributed by atoms with van der Waals surface area (Å²) in [5.74, 6) is 1.08. The van der Waals surface area contributed by atoms with Gasteiger partial charge < -0.3 is 4.74 Å². The van der Waals surface area contributed by atoms with Gasteiger partial charge in [0.2, 0.25) is 0 Å². The molecule has 0 unspecified atom stereocenters. The van der Waals surface area contributed by atoms with Crippen LogP contribution in [-0.4, -0.2) is 5.05 Å². The Morgan fingerprint density at radius 2 is 2.27 bits per heavy atom. The van der Waals surface area contributed by atoms with Crippen molar-refractivity contribution >= 4 is 17.3 Å². The predicted octanol–water partition coefficient (Wildman–Crippen LogP) is 3.20. The summed E-state index contributed by atoms with van der Waals surface area (Å²) < 4.78 is 5.36. The quantitative estimate of drug-likeness (QED) is 0.559. The van der Waals surface area contributed by atoms with Crippen LogP contribution in [0.3, 0.4) is 0 Å². The van der Waals surface area contributed by atoms with Crippen LogP contribution in [0.4, 0.5) is 0 Å². The average molecular weight is 170 g/mol. The molecule has 0 aromatic rings. The highest BCUT2D eigenvalue weighted by atomic mass is 32.1. The normalized spacial score (nSPS) is 18.5. The molecule has 11 heavy (non-hydrogen) atoms. The van der Waals surface area contributed by atoms with Crippen molar-refractivity contribution in [2.24, 2.45) is 0 Å². The maximum absolute atomic E-state index is 5.36. The molecule has 0 bridgehead atoms. The number of rotatable bonds is 1. The lowest BCUT2D eigenvalue weighted by atomic mass is 10.2. The molecule has 1 rings (SSSR count). The molecule has 0 aliphatic heterocycles. The van der Waals surface area contributed by atoms with Gasteiger partial charge in [0.25, 0.3) is 0 Å². The minimum absolute atomic E-state index is 0.637. The molecule has 0 aromatic heterocycles. The van der Waals surface area contributed by atoms with E-state index in [1.54, 1.807) is 0 Å². The first-order chi connectivity index (χ1) is 5.29. The standard InChI is InChI=1S/C9H14OS/c1-8(11)10-9-6-4-2-3-5-7-9/h6H,2-5,7H2,1H3. The molecule has 0 fully saturated rings. The van der Waals surface area contributed by atoms with E-state index in [-0.39, 0.29) is 0 Å². The largest absolute Gasteiger partial charge is 0.455 e. The summed E-state index contributed by atoms with van der Waals surface area (Å²) in [5, 5.41) is 0.637. The van der Waals surface area contributed by atoms with Crippen molar-refractivity contribution in [2.45, 2.75) is 39.0 Å². The van der Waals surface area contributed by atoms with E-state index in [0.29, 0.717) is 5.05 Å². The second-order valence-electron chi connectivity index (χ2n) is 2.86. The van der Waals surface area contributed by atoms with Crippen molar-refractivity contribution in [1.82, 2.24) is 0 Å². The summed E-state index contributed by atoms with van der Waals surface area (Å²) >= 11 is 4.86. The monoisotopic (exact) mass is 170 g/mol. The van der Waals surface area contributed by atoms with Gasteiger partial charge in [0.1, 0.15) is 5.76 Å². The molecule has 1 aliphatic rings. The number of hydrogen-bond donors (Lipinski definition) is 0. The highest BCUT2D eigenvalue weighted by molar-refractivity contribution is 7.80. The van der Waals surface area contributed by atoms with Gasteiger partial charge >= 0.3 is 0 Å². The third kappa shape index (κ3) is 3.51. The van der Waals surface area contributed by atoms with E-state index in [9.17, 15) is 0 Å². The fourth-order valence-corrected chi connectivity index (χ4v) is 1.37. The lowest BCUT2D eigenvalue weighted by Crippen LogP contribution is -1.95. The zero-order valence-corrected chi connectivity index (χ0v) is 7.75. The summed E-state index contributed by atoms with van der Waals surface area (Å²) in [4.78, 5) is 0. The molecule has 0 amide bonds. The van der Waals surface area contributed by atoms with Gasteiger partial charge in [-0.1, -0.05) is 6.42 Å². The van der Waals surface area contributed by atoms with Crippen LogP contribution in [0.25, 0.3) is 0 Å². The molecule has 0 radical (unpaired) electrons. The first kappa shape index (κ1) is 8.72. The van der Waals surface area contributed by atoms with E-state index in [4.69, 9.17) is 17.0 Å². The highest BCUT2D eigenvalue weighted by Gasteiger charge is 2.03. The van der Waals surface area contributed by atoms with Crippen LogP contribution >= 0.6 is 12.2 Å². The van der Waals surface area contributed by atoms with E-state index in [0.717, 1.165) is 18.6 Å². The smallest absolute Gasteiger partial charge is 0.163 e. The van der Waals surface area contributed by atoms with Gasteiger partial charge in [-0.2, -0.15) is 0 Å². The van der Waals surface area contributed by atoms with Crippen molar-refractivity contribution in [3.05, 3.63) is 11.8 Å². The van der Waals surface area contributed by atoms with Crippen LogP contribution in [0, 0.1) is 0 Å². The second-order valence-corrected chi connectivity index (χ2v) is 3.44. The maximum atomic E-state index is 5.36. The molecule has 0 aromatic carbocycles. The lowest BCUT2D eigenvalue weighted by molar-refractivity contribution is 0.396. The van der Waals surface area contributed by atoms with Gasteiger partial charge in [-0.05, 0) is 37.6 Å². The van der Waals surface area contributed by atoms with Crippen LogP contribution in [0.1, 0.15) is 39.0 Å². The zero-order valence-electron chi connectivity index (χ0n) is 6.93. The minimum atomic E-state index is 0.637. The lowest BCUT2D eigenvalue weighted by Gasteiger charge is -2.05. The molecule has 2 heteroatoms. The van der Waals surface area contributed by atoms with Gasteiger partial charge in [0, 0.05) is 13.3 Å².